The van der Waals surface area contributed by atoms with Gasteiger partial charge in [-0.3, -0.25) is 0 Å². The number of carboxylic acid groups (broad SMARTS) is 1. The number of hydrogen-bond acceptors (Lipinski definition) is 4. The van der Waals surface area contributed by atoms with E-state index in [0.717, 1.165) is 0 Å². The minimum absolute atomic E-state index is 0.213. The molecule has 0 radical (unpaired) electrons. The van der Waals surface area contributed by atoms with Gasteiger partial charge in [-0.05, 0) is 12.8 Å². The molecule has 6 nitrogen and oxygen atoms in total. The van der Waals surface area contributed by atoms with Gasteiger partial charge < -0.3 is 9.84 Å². The molecule has 15 heavy (non-hydrogen) atoms. The van der Waals surface area contributed by atoms with Gasteiger partial charge in [-0.15, -0.1) is 5.10 Å². The third-order valence-corrected chi connectivity index (χ3v) is 1.74. The van der Waals surface area contributed by atoms with Crippen molar-refractivity contribution in [2.75, 3.05) is 6.61 Å². The van der Waals surface area contributed by atoms with E-state index in [0.29, 0.717) is 12.5 Å². The summed E-state index contributed by atoms with van der Waals surface area (Å²) in [5, 5.41) is 12.4. The second-order valence-electron chi connectivity index (χ2n) is 3.68. The normalized spacial score (nSPS) is 13.1. The van der Waals surface area contributed by atoms with E-state index >= 15 is 0 Å². The molecule has 0 amide bonds. The van der Waals surface area contributed by atoms with Gasteiger partial charge in [0.2, 0.25) is 0 Å². The number of rotatable bonds is 5. The molecule has 0 aliphatic rings. The Kier molecular flexibility index (Phi) is 3.79. The Balaban J connectivity index is 2.58. The van der Waals surface area contributed by atoms with Crippen LogP contribution in [0.5, 0.6) is 0 Å². The summed E-state index contributed by atoms with van der Waals surface area (Å²) in [5.74, 6) is -0.922. The topological polar surface area (TPSA) is 77.2 Å². The number of aromatic carboxylic acids is 1. The monoisotopic (exact) mass is 213 g/mol. The van der Waals surface area contributed by atoms with Gasteiger partial charge in [0.1, 0.15) is 12.6 Å². The summed E-state index contributed by atoms with van der Waals surface area (Å²) in [7, 11) is 0. The van der Waals surface area contributed by atoms with Crippen LogP contribution in [0.25, 0.3) is 0 Å². The minimum Gasteiger partial charge on any atom is -0.475 e. The van der Waals surface area contributed by atoms with Crippen LogP contribution < -0.4 is 0 Å². The number of carbonyl (C=O) groups is 1. The van der Waals surface area contributed by atoms with E-state index in [2.05, 4.69) is 10.1 Å². The summed E-state index contributed by atoms with van der Waals surface area (Å²) in [6.45, 7) is 6.47. The zero-order valence-electron chi connectivity index (χ0n) is 9.04. The van der Waals surface area contributed by atoms with E-state index in [4.69, 9.17) is 9.84 Å². The predicted molar refractivity (Wildman–Crippen MR) is 52.5 cm³/mol. The van der Waals surface area contributed by atoms with Crippen LogP contribution in [0.3, 0.4) is 0 Å². The highest BCUT2D eigenvalue weighted by atomic mass is 16.5. The van der Waals surface area contributed by atoms with Crippen molar-refractivity contribution in [3.63, 3.8) is 0 Å². The molecule has 0 saturated carbocycles. The van der Waals surface area contributed by atoms with Crippen molar-refractivity contribution in [2.24, 2.45) is 5.92 Å². The Hall–Kier alpha value is -1.43. The molecule has 1 heterocycles. The average Bonchev–Trinajstić information content (AvgIpc) is 2.62. The predicted octanol–water partition coefficient (Wildman–Crippen LogP) is 1.17. The van der Waals surface area contributed by atoms with E-state index < -0.39 is 5.97 Å². The van der Waals surface area contributed by atoms with Crippen LogP contribution in [0, 0.1) is 5.92 Å². The molecule has 0 aliphatic carbocycles. The number of aromatic nitrogens is 3. The van der Waals surface area contributed by atoms with Crippen LogP contribution in [0.4, 0.5) is 0 Å². The molecule has 0 aliphatic heterocycles. The van der Waals surface area contributed by atoms with Gasteiger partial charge in [-0.25, -0.2) is 14.5 Å². The third kappa shape index (κ3) is 3.32. The molecule has 1 atom stereocenters. The Morgan fingerprint density at radius 2 is 2.27 bits per heavy atom. The molecule has 0 bridgehead atoms. The van der Waals surface area contributed by atoms with E-state index in [1.807, 2.05) is 13.8 Å². The van der Waals surface area contributed by atoms with Crippen molar-refractivity contribution >= 4 is 5.97 Å². The molecule has 6 heteroatoms. The molecule has 1 aromatic rings. The first-order valence-corrected chi connectivity index (χ1v) is 4.76. The molecule has 0 spiro atoms. The molecule has 0 saturated heterocycles. The fourth-order valence-electron chi connectivity index (χ4n) is 0.956. The third-order valence-electron chi connectivity index (χ3n) is 1.74. The summed E-state index contributed by atoms with van der Waals surface area (Å²) in [5.41, 5.74) is 0. The lowest BCUT2D eigenvalue weighted by atomic mass is 10.2. The van der Waals surface area contributed by atoms with Crippen LogP contribution >= 0.6 is 0 Å². The number of nitrogens with zero attached hydrogens (tertiary/aromatic N) is 3. The van der Waals surface area contributed by atoms with Gasteiger partial charge in [0.05, 0.1) is 6.61 Å². The molecule has 1 N–H and O–H groups in total. The van der Waals surface area contributed by atoms with Crippen molar-refractivity contribution in [3.05, 3.63) is 12.2 Å². The van der Waals surface area contributed by atoms with Crippen LogP contribution in [0.2, 0.25) is 0 Å². The summed E-state index contributed by atoms with van der Waals surface area (Å²) in [4.78, 5) is 14.2. The van der Waals surface area contributed by atoms with Crippen LogP contribution in [0.15, 0.2) is 6.33 Å². The first kappa shape index (κ1) is 11.6. The quantitative estimate of drug-likeness (QED) is 0.794. The zero-order chi connectivity index (χ0) is 11.4. The highest BCUT2D eigenvalue weighted by molar-refractivity contribution is 5.82. The van der Waals surface area contributed by atoms with E-state index in [9.17, 15) is 4.79 Å². The summed E-state index contributed by atoms with van der Waals surface area (Å²) in [6, 6.07) is 0. The Bertz CT molecular complexity index is 335. The fourth-order valence-corrected chi connectivity index (χ4v) is 0.956. The van der Waals surface area contributed by atoms with Crippen LogP contribution in [-0.2, 0) is 4.74 Å². The highest BCUT2D eigenvalue weighted by Gasteiger charge is 2.12. The first-order chi connectivity index (χ1) is 7.00. The number of ether oxygens (including phenoxy) is 1. The lowest BCUT2D eigenvalue weighted by Crippen LogP contribution is -2.14. The van der Waals surface area contributed by atoms with Crippen LogP contribution in [0.1, 0.15) is 37.6 Å². The van der Waals surface area contributed by atoms with Gasteiger partial charge >= 0.3 is 5.97 Å². The Morgan fingerprint density at radius 3 is 2.73 bits per heavy atom. The summed E-state index contributed by atoms with van der Waals surface area (Å²) in [6.07, 6.45) is 1.06. The zero-order valence-corrected chi connectivity index (χ0v) is 9.04. The van der Waals surface area contributed by atoms with Crippen molar-refractivity contribution in [1.29, 1.82) is 0 Å². The van der Waals surface area contributed by atoms with Crippen molar-refractivity contribution in [1.82, 2.24) is 14.8 Å². The van der Waals surface area contributed by atoms with Gasteiger partial charge in [0, 0.05) is 0 Å². The van der Waals surface area contributed by atoms with Gasteiger partial charge in [-0.1, -0.05) is 13.8 Å². The summed E-state index contributed by atoms with van der Waals surface area (Å²) >= 11 is 0. The second-order valence-corrected chi connectivity index (χ2v) is 3.68. The molecule has 0 fully saturated rings. The highest BCUT2D eigenvalue weighted by Crippen LogP contribution is 2.07. The van der Waals surface area contributed by atoms with Crippen molar-refractivity contribution in [2.45, 2.75) is 27.0 Å². The van der Waals surface area contributed by atoms with Crippen molar-refractivity contribution in [3.8, 4) is 0 Å². The van der Waals surface area contributed by atoms with Gasteiger partial charge in [-0.2, -0.15) is 0 Å². The standard InChI is InChI=1S/C9H15N3O3/c1-6(2)4-15-7(3)12-5-10-8(11-12)9(13)14/h5-7H,4H2,1-3H3,(H,13,14). The molecule has 1 unspecified atom stereocenters. The SMILES string of the molecule is CC(C)COC(C)n1cnc(C(=O)O)n1. The van der Waals surface area contributed by atoms with Gasteiger partial charge in [0.25, 0.3) is 5.82 Å². The molecule has 1 aromatic heterocycles. The second kappa shape index (κ2) is 4.88. The van der Waals surface area contributed by atoms with E-state index in [1.54, 1.807) is 6.92 Å². The number of hydrogen-bond donors (Lipinski definition) is 1. The maximum Gasteiger partial charge on any atom is 0.375 e. The largest absolute Gasteiger partial charge is 0.475 e. The maximum atomic E-state index is 10.5. The first-order valence-electron chi connectivity index (χ1n) is 4.76. The Morgan fingerprint density at radius 1 is 1.60 bits per heavy atom. The van der Waals surface area contributed by atoms with Gasteiger partial charge in [0.15, 0.2) is 0 Å². The smallest absolute Gasteiger partial charge is 0.375 e. The molecule has 84 valence electrons. The van der Waals surface area contributed by atoms with Crippen molar-refractivity contribution < 1.29 is 14.6 Å². The molecule has 0 aromatic carbocycles. The lowest BCUT2D eigenvalue weighted by Gasteiger charge is -2.14. The fraction of sp³-hybridized carbons (Fsp3) is 0.667. The lowest BCUT2D eigenvalue weighted by molar-refractivity contribution is -0.00678. The van der Waals surface area contributed by atoms with E-state index in [-0.39, 0.29) is 12.1 Å². The van der Waals surface area contributed by atoms with E-state index in [1.165, 1.54) is 11.0 Å². The Labute approximate surface area is 87.9 Å². The average molecular weight is 213 g/mol. The molecular formula is C9H15N3O3. The summed E-state index contributed by atoms with van der Waals surface area (Å²) < 4.78 is 6.84. The minimum atomic E-state index is -1.13. The van der Waals surface area contributed by atoms with Crippen LogP contribution in [-0.4, -0.2) is 32.4 Å². The molecule has 1 rings (SSSR count). The maximum absolute atomic E-state index is 10.5. The molecular weight excluding hydrogens is 198 g/mol. The number of carboxylic acids is 1.